The van der Waals surface area contributed by atoms with Gasteiger partial charge in [-0.1, -0.05) is 0 Å². The molecule has 124 valence electrons. The molecule has 0 radical (unpaired) electrons. The highest BCUT2D eigenvalue weighted by Gasteiger charge is 2.21. The average molecular weight is 393 g/mol. The van der Waals surface area contributed by atoms with Crippen molar-refractivity contribution in [1.82, 2.24) is 10.2 Å². The second kappa shape index (κ2) is 6.88. The van der Waals surface area contributed by atoms with E-state index in [2.05, 4.69) is 26.1 Å². The lowest BCUT2D eigenvalue weighted by atomic mass is 10.2. The van der Waals surface area contributed by atoms with Crippen LogP contribution in [0.1, 0.15) is 29.5 Å². The van der Waals surface area contributed by atoms with Crippen LogP contribution in [0.3, 0.4) is 0 Å². The molecule has 3 rings (SSSR count). The Labute approximate surface area is 145 Å². The zero-order chi connectivity index (χ0) is 17.1. The van der Waals surface area contributed by atoms with Crippen molar-refractivity contribution in [3.8, 4) is 17.2 Å². The number of nitrogens with zero attached hydrogens (tertiary/aromatic N) is 2. The van der Waals surface area contributed by atoms with Gasteiger partial charge in [-0.15, -0.1) is 10.2 Å². The summed E-state index contributed by atoms with van der Waals surface area (Å²) in [5, 5.41) is 7.89. The summed E-state index contributed by atoms with van der Waals surface area (Å²) in [6.45, 7) is 1.64. The summed E-state index contributed by atoms with van der Waals surface area (Å²) in [6.07, 6.45) is -0.708. The lowest BCUT2D eigenvalue weighted by Crippen LogP contribution is -2.08. The number of carbonyl (C=O) groups excluding carboxylic acids is 1. The molecule has 0 fully saturated rings. The zero-order valence-corrected chi connectivity index (χ0v) is 14.4. The zero-order valence-electron chi connectivity index (χ0n) is 12.9. The van der Waals surface area contributed by atoms with E-state index in [1.54, 1.807) is 44.4 Å². The first kappa shape index (κ1) is 16.3. The number of rotatable bonds is 5. The van der Waals surface area contributed by atoms with Gasteiger partial charge in [-0.2, -0.15) is 0 Å². The van der Waals surface area contributed by atoms with Crippen molar-refractivity contribution in [3.05, 3.63) is 52.7 Å². The van der Waals surface area contributed by atoms with Crippen molar-refractivity contribution in [2.24, 2.45) is 0 Å². The Bertz CT molecular complexity index is 840. The summed E-state index contributed by atoms with van der Waals surface area (Å²) in [6, 6.07) is 10.3. The summed E-state index contributed by atoms with van der Waals surface area (Å²) >= 11 is 3.13. The monoisotopic (exact) mass is 392 g/mol. The summed E-state index contributed by atoms with van der Waals surface area (Å²) in [4.78, 5) is 11.9. The van der Waals surface area contributed by atoms with E-state index in [0.29, 0.717) is 10.6 Å². The van der Waals surface area contributed by atoms with Crippen molar-refractivity contribution in [1.29, 1.82) is 0 Å². The molecule has 0 saturated carbocycles. The van der Waals surface area contributed by atoms with E-state index in [1.165, 1.54) is 6.07 Å². The minimum absolute atomic E-state index is 0.0867. The fourth-order valence-corrected chi connectivity index (χ4v) is 2.25. The molecule has 7 nitrogen and oxygen atoms in total. The first-order valence-corrected chi connectivity index (χ1v) is 7.80. The molecule has 2 aromatic heterocycles. The van der Waals surface area contributed by atoms with Gasteiger partial charge in [0, 0.05) is 5.56 Å². The molecule has 0 bridgehead atoms. The maximum absolute atomic E-state index is 11.9. The minimum Gasteiger partial charge on any atom is -0.497 e. The number of hydrogen-bond acceptors (Lipinski definition) is 7. The molecule has 1 aromatic carbocycles. The van der Waals surface area contributed by atoms with Crippen molar-refractivity contribution in [3.63, 3.8) is 0 Å². The van der Waals surface area contributed by atoms with E-state index in [0.717, 1.165) is 11.3 Å². The van der Waals surface area contributed by atoms with E-state index >= 15 is 0 Å². The maximum atomic E-state index is 11.9. The fraction of sp³-hybridized carbons (Fsp3) is 0.188. The largest absolute Gasteiger partial charge is 0.497 e. The maximum Gasteiger partial charge on any atom is 0.375 e. The van der Waals surface area contributed by atoms with Crippen LogP contribution in [0.25, 0.3) is 11.5 Å². The highest BCUT2D eigenvalue weighted by atomic mass is 79.9. The molecule has 3 aromatic rings. The third-order valence-corrected chi connectivity index (χ3v) is 3.61. The molecule has 24 heavy (non-hydrogen) atoms. The van der Waals surface area contributed by atoms with Gasteiger partial charge in [0.05, 0.1) is 7.11 Å². The lowest BCUT2D eigenvalue weighted by Gasteiger charge is -2.07. The Hall–Kier alpha value is -2.61. The average Bonchev–Trinajstić information content (AvgIpc) is 3.24. The third-order valence-electron chi connectivity index (χ3n) is 3.18. The van der Waals surface area contributed by atoms with Gasteiger partial charge in [-0.05, 0) is 59.3 Å². The Kier molecular flexibility index (Phi) is 4.66. The topological polar surface area (TPSA) is 87.6 Å². The first-order valence-electron chi connectivity index (χ1n) is 7.01. The number of hydrogen-bond donors (Lipinski definition) is 0. The van der Waals surface area contributed by atoms with Gasteiger partial charge in [0.25, 0.3) is 5.89 Å². The van der Waals surface area contributed by atoms with Gasteiger partial charge in [-0.3, -0.25) is 0 Å². The molecule has 0 aliphatic rings. The molecular weight excluding hydrogens is 380 g/mol. The number of aromatic nitrogens is 2. The van der Waals surface area contributed by atoms with E-state index in [-0.39, 0.29) is 11.7 Å². The highest BCUT2D eigenvalue weighted by Crippen LogP contribution is 2.25. The number of carbonyl (C=O) groups is 1. The van der Waals surface area contributed by atoms with Gasteiger partial charge in [0.15, 0.2) is 10.8 Å². The van der Waals surface area contributed by atoms with E-state index in [1.807, 2.05) is 0 Å². The number of furan rings is 1. The Morgan fingerprint density at radius 1 is 1.12 bits per heavy atom. The van der Waals surface area contributed by atoms with Crippen LogP contribution in [0.4, 0.5) is 0 Å². The first-order chi connectivity index (χ1) is 11.6. The molecule has 0 N–H and O–H groups in total. The molecule has 0 aliphatic heterocycles. The number of esters is 1. The molecule has 0 unspecified atom stereocenters. The normalized spacial score (nSPS) is 12.0. The molecule has 1 atom stereocenters. The van der Waals surface area contributed by atoms with Gasteiger partial charge in [0.2, 0.25) is 11.7 Å². The van der Waals surface area contributed by atoms with E-state index < -0.39 is 12.1 Å². The number of ether oxygens (including phenoxy) is 2. The van der Waals surface area contributed by atoms with Crippen molar-refractivity contribution >= 4 is 21.9 Å². The highest BCUT2D eigenvalue weighted by molar-refractivity contribution is 9.10. The Morgan fingerprint density at radius 3 is 2.50 bits per heavy atom. The van der Waals surface area contributed by atoms with E-state index in [9.17, 15) is 4.79 Å². The second-order valence-electron chi connectivity index (χ2n) is 4.83. The molecule has 8 heteroatoms. The predicted molar refractivity (Wildman–Crippen MR) is 86.5 cm³/mol. The van der Waals surface area contributed by atoms with Crippen LogP contribution in [-0.4, -0.2) is 23.3 Å². The Balaban J connectivity index is 1.71. The van der Waals surface area contributed by atoms with Crippen LogP contribution in [0.15, 0.2) is 49.9 Å². The van der Waals surface area contributed by atoms with Crippen LogP contribution in [0.2, 0.25) is 0 Å². The van der Waals surface area contributed by atoms with Crippen molar-refractivity contribution < 1.29 is 23.1 Å². The SMILES string of the molecule is COc1ccc(-c2nnc([C@@H](C)OC(=O)c3ccc(Br)o3)o2)cc1. The second-order valence-corrected chi connectivity index (χ2v) is 5.61. The van der Waals surface area contributed by atoms with Crippen molar-refractivity contribution in [2.45, 2.75) is 13.0 Å². The van der Waals surface area contributed by atoms with E-state index in [4.69, 9.17) is 18.3 Å². The van der Waals surface area contributed by atoms with Crippen LogP contribution in [-0.2, 0) is 4.74 Å². The summed E-state index contributed by atoms with van der Waals surface area (Å²) in [5.74, 6) is 0.725. The summed E-state index contributed by atoms with van der Waals surface area (Å²) in [5.41, 5.74) is 0.739. The number of halogens is 1. The molecule has 0 amide bonds. The van der Waals surface area contributed by atoms with Gasteiger partial charge >= 0.3 is 5.97 Å². The molecule has 0 aliphatic carbocycles. The standard InChI is InChI=1S/C16H13BrN2O5/c1-9(22-16(20)12-7-8-13(17)23-12)14-18-19-15(24-14)10-3-5-11(21-2)6-4-10/h3-9H,1-2H3/t9-/m1/s1. The molecule has 2 heterocycles. The summed E-state index contributed by atoms with van der Waals surface area (Å²) < 4.78 is 21.5. The number of benzene rings is 1. The summed E-state index contributed by atoms with van der Waals surface area (Å²) in [7, 11) is 1.59. The molecule has 0 spiro atoms. The molecular formula is C16H13BrN2O5. The third kappa shape index (κ3) is 3.48. The van der Waals surface area contributed by atoms with Crippen LogP contribution in [0, 0.1) is 0 Å². The fourth-order valence-electron chi connectivity index (χ4n) is 1.94. The minimum atomic E-state index is -0.708. The Morgan fingerprint density at radius 2 is 1.88 bits per heavy atom. The quantitative estimate of drug-likeness (QED) is 0.605. The van der Waals surface area contributed by atoms with Gasteiger partial charge < -0.3 is 18.3 Å². The van der Waals surface area contributed by atoms with Gasteiger partial charge in [0.1, 0.15) is 5.75 Å². The van der Waals surface area contributed by atoms with Gasteiger partial charge in [-0.25, -0.2) is 4.79 Å². The van der Waals surface area contributed by atoms with Crippen LogP contribution >= 0.6 is 15.9 Å². The van der Waals surface area contributed by atoms with Crippen LogP contribution in [0.5, 0.6) is 5.75 Å². The number of methoxy groups -OCH3 is 1. The molecule has 0 saturated heterocycles. The predicted octanol–water partition coefficient (Wildman–Crippen LogP) is 4.02. The smallest absolute Gasteiger partial charge is 0.375 e. The van der Waals surface area contributed by atoms with Crippen LogP contribution < -0.4 is 4.74 Å². The lowest BCUT2D eigenvalue weighted by molar-refractivity contribution is 0.0243. The van der Waals surface area contributed by atoms with Crippen molar-refractivity contribution in [2.75, 3.05) is 7.11 Å².